The normalized spacial score (nSPS) is 21.4. The summed E-state index contributed by atoms with van der Waals surface area (Å²) in [6.07, 6.45) is 5.71. The van der Waals surface area contributed by atoms with E-state index in [2.05, 4.69) is 32.5 Å². The molecule has 2 amide bonds. The number of hydrogen-bond acceptors (Lipinski definition) is 5. The maximum atomic E-state index is 13.1. The monoisotopic (exact) mass is 485 g/mol. The standard InChI is InChI=1S/C24H28ClN5O2S/c1-30-10-9-19-21(13-30)33-24(29-19)23(32)28-18-6-4-2-3-5-17(18)27-22(31)20-12-14-11-15(25)7-8-16(14)26-20/h7-8,11-12,17-18,26H,2-6,9-10,13H2,1H3,(H,27,31)(H,28,32)/t17-,18-/m1/s1. The fourth-order valence-corrected chi connectivity index (χ4v) is 6.05. The Bertz CT molecular complexity index is 1190. The quantitative estimate of drug-likeness (QED) is 0.485. The predicted molar refractivity (Wildman–Crippen MR) is 131 cm³/mol. The largest absolute Gasteiger partial charge is 0.351 e. The lowest BCUT2D eigenvalue weighted by Crippen LogP contribution is -2.51. The van der Waals surface area contributed by atoms with Gasteiger partial charge in [0.25, 0.3) is 11.8 Å². The average Bonchev–Trinajstić information content (AvgIpc) is 3.34. The van der Waals surface area contributed by atoms with E-state index in [1.807, 2.05) is 18.2 Å². The fraction of sp³-hybridized carbons (Fsp3) is 0.458. The van der Waals surface area contributed by atoms with Crippen LogP contribution in [-0.2, 0) is 13.0 Å². The van der Waals surface area contributed by atoms with E-state index in [4.69, 9.17) is 11.6 Å². The zero-order valence-electron chi connectivity index (χ0n) is 18.6. The zero-order valence-corrected chi connectivity index (χ0v) is 20.2. The Morgan fingerprint density at radius 3 is 2.67 bits per heavy atom. The number of H-pyrrole nitrogens is 1. The summed E-state index contributed by atoms with van der Waals surface area (Å²) in [5.74, 6) is -0.301. The zero-order chi connectivity index (χ0) is 22.9. The fourth-order valence-electron chi connectivity index (χ4n) is 4.78. The van der Waals surface area contributed by atoms with Crippen LogP contribution in [0, 0.1) is 0 Å². The summed E-state index contributed by atoms with van der Waals surface area (Å²) in [6, 6.07) is 7.08. The summed E-state index contributed by atoms with van der Waals surface area (Å²) in [4.78, 5) is 37.3. The van der Waals surface area contributed by atoms with Crippen molar-refractivity contribution in [3.05, 3.63) is 50.6 Å². The summed E-state index contributed by atoms with van der Waals surface area (Å²) >= 11 is 7.57. The minimum Gasteiger partial charge on any atom is -0.351 e. The predicted octanol–water partition coefficient (Wildman–Crippen LogP) is 4.13. The van der Waals surface area contributed by atoms with Crippen molar-refractivity contribution in [2.75, 3.05) is 13.6 Å². The van der Waals surface area contributed by atoms with Crippen molar-refractivity contribution in [2.45, 2.75) is 57.2 Å². The Morgan fingerprint density at radius 2 is 1.88 bits per heavy atom. The van der Waals surface area contributed by atoms with Gasteiger partial charge in [0, 0.05) is 52.4 Å². The van der Waals surface area contributed by atoms with Crippen LogP contribution in [0.25, 0.3) is 10.9 Å². The first kappa shape index (κ1) is 22.4. The number of fused-ring (bicyclic) bond motifs is 2. The molecule has 2 atom stereocenters. The molecule has 1 aromatic carbocycles. The number of likely N-dealkylation sites (N-methyl/N-ethyl adjacent to an activating group) is 1. The molecule has 33 heavy (non-hydrogen) atoms. The number of aromatic nitrogens is 2. The van der Waals surface area contributed by atoms with Gasteiger partial charge in [-0.25, -0.2) is 4.98 Å². The van der Waals surface area contributed by atoms with Gasteiger partial charge >= 0.3 is 0 Å². The second-order valence-corrected chi connectivity index (χ2v) is 10.6. The molecule has 0 bridgehead atoms. The van der Waals surface area contributed by atoms with E-state index >= 15 is 0 Å². The lowest BCUT2D eigenvalue weighted by Gasteiger charge is -2.26. The molecular weight excluding hydrogens is 458 g/mol. The number of benzene rings is 1. The van der Waals surface area contributed by atoms with Crippen LogP contribution in [-0.4, -0.2) is 52.4 Å². The average molecular weight is 486 g/mol. The van der Waals surface area contributed by atoms with Crippen LogP contribution in [0.5, 0.6) is 0 Å². The van der Waals surface area contributed by atoms with Crippen molar-refractivity contribution >= 4 is 45.7 Å². The van der Waals surface area contributed by atoms with Crippen LogP contribution >= 0.6 is 22.9 Å². The summed E-state index contributed by atoms with van der Waals surface area (Å²) in [5.41, 5.74) is 2.42. The molecule has 2 aliphatic rings. The van der Waals surface area contributed by atoms with Crippen LogP contribution in [0.15, 0.2) is 24.3 Å². The number of nitrogens with zero attached hydrogens (tertiary/aromatic N) is 2. The number of amides is 2. The van der Waals surface area contributed by atoms with Gasteiger partial charge in [-0.15, -0.1) is 11.3 Å². The minimum atomic E-state index is -0.166. The molecule has 9 heteroatoms. The highest BCUT2D eigenvalue weighted by atomic mass is 35.5. The van der Waals surface area contributed by atoms with Crippen LogP contribution in [0.4, 0.5) is 0 Å². The Balaban J connectivity index is 1.29. The molecule has 3 N–H and O–H groups in total. The number of hydrogen-bond donors (Lipinski definition) is 3. The molecule has 3 aromatic rings. The van der Waals surface area contributed by atoms with Crippen molar-refractivity contribution in [1.29, 1.82) is 0 Å². The minimum absolute atomic E-state index is 0.119. The molecule has 3 heterocycles. The lowest BCUT2D eigenvalue weighted by atomic mass is 10.0. The van der Waals surface area contributed by atoms with Gasteiger partial charge in [-0.1, -0.05) is 30.9 Å². The third kappa shape index (κ3) is 4.93. The summed E-state index contributed by atoms with van der Waals surface area (Å²) in [7, 11) is 2.09. The third-order valence-corrected chi connectivity index (χ3v) is 7.91. The van der Waals surface area contributed by atoms with Crippen molar-refractivity contribution < 1.29 is 9.59 Å². The first-order valence-electron chi connectivity index (χ1n) is 11.5. The lowest BCUT2D eigenvalue weighted by molar-refractivity contribution is 0.0876. The molecule has 5 rings (SSSR count). The van der Waals surface area contributed by atoms with Gasteiger partial charge in [0.1, 0.15) is 5.69 Å². The molecular formula is C24H28ClN5O2S. The summed E-state index contributed by atoms with van der Waals surface area (Å²) < 4.78 is 0. The molecule has 1 fully saturated rings. The van der Waals surface area contributed by atoms with Crippen LogP contribution < -0.4 is 10.6 Å². The summed E-state index contributed by atoms with van der Waals surface area (Å²) in [5, 5.41) is 8.42. The number of carbonyl (C=O) groups is 2. The molecule has 0 radical (unpaired) electrons. The van der Waals surface area contributed by atoms with Crippen molar-refractivity contribution in [3.8, 4) is 0 Å². The van der Waals surface area contributed by atoms with E-state index < -0.39 is 0 Å². The van der Waals surface area contributed by atoms with Crippen molar-refractivity contribution in [2.24, 2.45) is 0 Å². The number of aromatic amines is 1. The number of rotatable bonds is 4. The molecule has 0 spiro atoms. The highest BCUT2D eigenvalue weighted by Crippen LogP contribution is 2.26. The van der Waals surface area contributed by atoms with E-state index in [-0.39, 0.29) is 23.9 Å². The highest BCUT2D eigenvalue weighted by molar-refractivity contribution is 7.13. The van der Waals surface area contributed by atoms with E-state index in [9.17, 15) is 9.59 Å². The smallest absolute Gasteiger partial charge is 0.280 e. The second kappa shape index (κ2) is 9.44. The van der Waals surface area contributed by atoms with E-state index in [0.717, 1.165) is 68.2 Å². The molecule has 1 saturated carbocycles. The topological polar surface area (TPSA) is 90.1 Å². The molecule has 0 saturated heterocycles. The van der Waals surface area contributed by atoms with E-state index in [0.29, 0.717) is 15.7 Å². The van der Waals surface area contributed by atoms with Crippen molar-refractivity contribution in [3.63, 3.8) is 0 Å². The molecule has 174 valence electrons. The Morgan fingerprint density at radius 1 is 1.12 bits per heavy atom. The van der Waals surface area contributed by atoms with Crippen LogP contribution in [0.3, 0.4) is 0 Å². The van der Waals surface area contributed by atoms with Gasteiger partial charge < -0.3 is 20.5 Å². The van der Waals surface area contributed by atoms with Gasteiger partial charge in [0.15, 0.2) is 5.01 Å². The van der Waals surface area contributed by atoms with Gasteiger partial charge in [-0.2, -0.15) is 0 Å². The van der Waals surface area contributed by atoms with Crippen LogP contribution in [0.2, 0.25) is 5.02 Å². The van der Waals surface area contributed by atoms with Gasteiger partial charge in [0.2, 0.25) is 0 Å². The van der Waals surface area contributed by atoms with Gasteiger partial charge in [-0.05, 0) is 44.2 Å². The highest BCUT2D eigenvalue weighted by Gasteiger charge is 2.29. The number of thiazole rings is 1. The molecule has 2 aromatic heterocycles. The Hall–Kier alpha value is -2.42. The maximum Gasteiger partial charge on any atom is 0.280 e. The molecule has 7 nitrogen and oxygen atoms in total. The first-order chi connectivity index (χ1) is 16.0. The molecule has 0 unspecified atom stereocenters. The third-order valence-electron chi connectivity index (χ3n) is 6.59. The number of halogens is 1. The Kier molecular flexibility index (Phi) is 6.40. The SMILES string of the molecule is CN1CCc2nc(C(=O)N[C@@H]3CCCCC[C@H]3NC(=O)c3cc4cc(Cl)ccc4[nH]3)sc2C1. The molecule has 1 aliphatic heterocycles. The summed E-state index contributed by atoms with van der Waals surface area (Å²) in [6.45, 7) is 1.81. The van der Waals surface area contributed by atoms with E-state index in [1.54, 1.807) is 6.07 Å². The van der Waals surface area contributed by atoms with Crippen molar-refractivity contribution in [1.82, 2.24) is 25.5 Å². The Labute approximate surface area is 201 Å². The number of nitrogens with one attached hydrogen (secondary N) is 3. The molecule has 1 aliphatic carbocycles. The van der Waals surface area contributed by atoms with Crippen LogP contribution in [0.1, 0.15) is 63.0 Å². The van der Waals surface area contributed by atoms with Gasteiger partial charge in [-0.3, -0.25) is 9.59 Å². The van der Waals surface area contributed by atoms with Gasteiger partial charge in [0.05, 0.1) is 5.69 Å². The first-order valence-corrected chi connectivity index (χ1v) is 12.7. The second-order valence-electron chi connectivity index (χ2n) is 9.09. The maximum absolute atomic E-state index is 13.1. The number of carbonyl (C=O) groups excluding carboxylic acids is 2. The van der Waals surface area contributed by atoms with E-state index in [1.165, 1.54) is 16.2 Å².